The van der Waals surface area contributed by atoms with Crippen LogP contribution in [-0.4, -0.2) is 16.1 Å². The second-order valence-electron chi connectivity index (χ2n) is 5.18. The van der Waals surface area contributed by atoms with E-state index in [9.17, 15) is 13.2 Å². The standard InChI is InChI=1S/C18H12ClF3N2/c19-17-15(12-7-3-1-4-8-12)16(13-9-5-2-6-10-13)23-14(24-17)11-18(20,21)22/h1-10H,11H2. The summed E-state index contributed by atoms with van der Waals surface area (Å²) in [5.41, 5.74) is 2.35. The van der Waals surface area contributed by atoms with Gasteiger partial charge in [-0.15, -0.1) is 0 Å². The molecule has 0 aliphatic carbocycles. The molecule has 3 rings (SSSR count). The van der Waals surface area contributed by atoms with Gasteiger partial charge in [-0.1, -0.05) is 72.3 Å². The minimum atomic E-state index is -4.40. The average Bonchev–Trinajstić information content (AvgIpc) is 2.54. The summed E-state index contributed by atoms with van der Waals surface area (Å²) in [5.74, 6) is -0.342. The number of benzene rings is 2. The van der Waals surface area contributed by atoms with Crippen molar-refractivity contribution in [3.63, 3.8) is 0 Å². The third-order valence-electron chi connectivity index (χ3n) is 3.38. The second kappa shape index (κ2) is 6.61. The van der Waals surface area contributed by atoms with E-state index >= 15 is 0 Å². The molecule has 0 fully saturated rings. The summed E-state index contributed by atoms with van der Waals surface area (Å²) >= 11 is 6.23. The molecule has 0 amide bonds. The third kappa shape index (κ3) is 3.74. The number of hydrogen-bond donors (Lipinski definition) is 0. The van der Waals surface area contributed by atoms with Gasteiger partial charge in [0.2, 0.25) is 0 Å². The van der Waals surface area contributed by atoms with Gasteiger partial charge in [-0.3, -0.25) is 0 Å². The van der Waals surface area contributed by atoms with Crippen molar-refractivity contribution in [2.45, 2.75) is 12.6 Å². The van der Waals surface area contributed by atoms with E-state index in [4.69, 9.17) is 11.6 Å². The quantitative estimate of drug-likeness (QED) is 0.578. The Morgan fingerprint density at radius 1 is 0.792 bits per heavy atom. The first kappa shape index (κ1) is 16.5. The third-order valence-corrected chi connectivity index (χ3v) is 3.65. The highest BCUT2D eigenvalue weighted by atomic mass is 35.5. The smallest absolute Gasteiger partial charge is 0.232 e. The molecule has 0 spiro atoms. The van der Waals surface area contributed by atoms with Crippen LogP contribution in [0.3, 0.4) is 0 Å². The molecule has 24 heavy (non-hydrogen) atoms. The number of halogens is 4. The average molecular weight is 349 g/mol. The molecular weight excluding hydrogens is 337 g/mol. The highest BCUT2D eigenvalue weighted by Crippen LogP contribution is 2.36. The predicted molar refractivity (Wildman–Crippen MR) is 87.7 cm³/mol. The van der Waals surface area contributed by atoms with Gasteiger partial charge in [-0.2, -0.15) is 13.2 Å². The lowest BCUT2D eigenvalue weighted by atomic mass is 10.0. The maximum absolute atomic E-state index is 12.7. The minimum absolute atomic E-state index is 0.00861. The van der Waals surface area contributed by atoms with E-state index in [2.05, 4.69) is 9.97 Å². The first-order valence-electron chi connectivity index (χ1n) is 7.18. The maximum Gasteiger partial charge on any atom is 0.396 e. The van der Waals surface area contributed by atoms with Gasteiger partial charge in [-0.05, 0) is 5.56 Å². The molecular formula is C18H12ClF3N2. The van der Waals surface area contributed by atoms with Crippen molar-refractivity contribution in [1.29, 1.82) is 0 Å². The predicted octanol–water partition coefficient (Wildman–Crippen LogP) is 5.57. The van der Waals surface area contributed by atoms with E-state index in [1.807, 2.05) is 36.4 Å². The molecule has 0 unspecified atom stereocenters. The molecule has 0 bridgehead atoms. The van der Waals surface area contributed by atoms with Crippen LogP contribution in [0.2, 0.25) is 5.15 Å². The van der Waals surface area contributed by atoms with Crippen LogP contribution in [-0.2, 0) is 6.42 Å². The summed E-state index contributed by atoms with van der Waals surface area (Å²) in [6.07, 6.45) is -5.62. The van der Waals surface area contributed by atoms with Gasteiger partial charge in [0, 0.05) is 11.1 Å². The van der Waals surface area contributed by atoms with E-state index in [1.54, 1.807) is 24.3 Å². The van der Waals surface area contributed by atoms with Crippen molar-refractivity contribution in [3.05, 3.63) is 71.6 Å². The molecule has 6 heteroatoms. The molecule has 1 aromatic heterocycles. The van der Waals surface area contributed by atoms with Gasteiger partial charge in [0.1, 0.15) is 17.4 Å². The Hall–Kier alpha value is -2.40. The van der Waals surface area contributed by atoms with Crippen LogP contribution in [0.4, 0.5) is 13.2 Å². The van der Waals surface area contributed by atoms with Gasteiger partial charge < -0.3 is 0 Å². The summed E-state index contributed by atoms with van der Waals surface area (Å²) in [7, 11) is 0. The number of nitrogens with zero attached hydrogens (tertiary/aromatic N) is 2. The Balaban J connectivity index is 2.21. The van der Waals surface area contributed by atoms with Crippen LogP contribution in [0, 0.1) is 0 Å². The molecule has 2 nitrogen and oxygen atoms in total. The molecule has 0 aliphatic heterocycles. The molecule has 2 aromatic carbocycles. The highest BCUT2D eigenvalue weighted by Gasteiger charge is 2.30. The topological polar surface area (TPSA) is 25.8 Å². The van der Waals surface area contributed by atoms with Gasteiger partial charge in [0.15, 0.2) is 0 Å². The van der Waals surface area contributed by atoms with Crippen molar-refractivity contribution in [2.75, 3.05) is 0 Å². The lowest BCUT2D eigenvalue weighted by molar-refractivity contribution is -0.128. The Bertz CT molecular complexity index is 834. The molecule has 0 radical (unpaired) electrons. The van der Waals surface area contributed by atoms with Crippen molar-refractivity contribution >= 4 is 11.6 Å². The van der Waals surface area contributed by atoms with Crippen LogP contribution in [0.15, 0.2) is 60.7 Å². The normalized spacial score (nSPS) is 11.5. The number of aromatic nitrogens is 2. The molecule has 122 valence electrons. The fourth-order valence-electron chi connectivity index (χ4n) is 2.40. The van der Waals surface area contributed by atoms with Gasteiger partial charge >= 0.3 is 6.18 Å². The molecule has 0 atom stereocenters. The lowest BCUT2D eigenvalue weighted by Gasteiger charge is -2.14. The van der Waals surface area contributed by atoms with Crippen LogP contribution >= 0.6 is 11.6 Å². The molecule has 0 saturated carbocycles. The van der Waals surface area contributed by atoms with Crippen molar-refractivity contribution in [1.82, 2.24) is 9.97 Å². The number of hydrogen-bond acceptors (Lipinski definition) is 2. The fourth-order valence-corrected chi connectivity index (χ4v) is 2.70. The van der Waals surface area contributed by atoms with Crippen LogP contribution in [0.1, 0.15) is 5.82 Å². The molecule has 1 heterocycles. The fraction of sp³-hybridized carbons (Fsp3) is 0.111. The number of alkyl halides is 3. The first-order valence-corrected chi connectivity index (χ1v) is 7.56. The Kier molecular flexibility index (Phi) is 4.53. The van der Waals surface area contributed by atoms with Crippen molar-refractivity contribution in [2.24, 2.45) is 0 Å². The van der Waals surface area contributed by atoms with Gasteiger partial charge in [0.05, 0.1) is 5.69 Å². The van der Waals surface area contributed by atoms with Gasteiger partial charge in [-0.25, -0.2) is 9.97 Å². The van der Waals surface area contributed by atoms with Gasteiger partial charge in [0.25, 0.3) is 0 Å². The van der Waals surface area contributed by atoms with Crippen molar-refractivity contribution < 1.29 is 13.2 Å². The van der Waals surface area contributed by atoms with Crippen LogP contribution in [0.5, 0.6) is 0 Å². The Morgan fingerprint density at radius 3 is 1.88 bits per heavy atom. The summed E-state index contributed by atoms with van der Waals surface area (Å²) < 4.78 is 38.1. The zero-order valence-electron chi connectivity index (χ0n) is 12.4. The summed E-state index contributed by atoms with van der Waals surface area (Å²) in [5, 5.41) is 0.00861. The van der Waals surface area contributed by atoms with Crippen LogP contribution < -0.4 is 0 Å². The van der Waals surface area contributed by atoms with E-state index in [-0.39, 0.29) is 11.0 Å². The largest absolute Gasteiger partial charge is 0.396 e. The summed E-state index contributed by atoms with van der Waals surface area (Å²) in [6, 6.07) is 18.1. The van der Waals surface area contributed by atoms with Crippen LogP contribution in [0.25, 0.3) is 22.4 Å². The van der Waals surface area contributed by atoms with E-state index < -0.39 is 12.6 Å². The van der Waals surface area contributed by atoms with E-state index in [0.717, 1.165) is 5.56 Å². The molecule has 0 N–H and O–H groups in total. The SMILES string of the molecule is FC(F)(F)Cc1nc(Cl)c(-c2ccccc2)c(-c2ccccc2)n1. The van der Waals surface area contributed by atoms with Crippen molar-refractivity contribution in [3.8, 4) is 22.4 Å². The number of rotatable bonds is 3. The molecule has 3 aromatic rings. The van der Waals surface area contributed by atoms with E-state index in [1.165, 1.54) is 0 Å². The van der Waals surface area contributed by atoms with E-state index in [0.29, 0.717) is 16.8 Å². The minimum Gasteiger partial charge on any atom is -0.232 e. The molecule has 0 aliphatic rings. The first-order chi connectivity index (χ1) is 11.4. The Morgan fingerprint density at radius 2 is 1.33 bits per heavy atom. The monoisotopic (exact) mass is 348 g/mol. The lowest BCUT2D eigenvalue weighted by Crippen LogP contribution is -2.15. The summed E-state index contributed by atoms with van der Waals surface area (Å²) in [6.45, 7) is 0. The maximum atomic E-state index is 12.7. The molecule has 0 saturated heterocycles. The second-order valence-corrected chi connectivity index (χ2v) is 5.54. The summed E-state index contributed by atoms with van der Waals surface area (Å²) in [4.78, 5) is 8.01. The zero-order valence-corrected chi connectivity index (χ0v) is 13.1. The Labute approximate surface area is 142 Å². The zero-order chi connectivity index (χ0) is 17.2. The highest BCUT2D eigenvalue weighted by molar-refractivity contribution is 6.32.